The van der Waals surface area contributed by atoms with E-state index < -0.39 is 9.84 Å². The van der Waals surface area contributed by atoms with Crippen molar-refractivity contribution in [2.45, 2.75) is 4.90 Å². The van der Waals surface area contributed by atoms with Crippen molar-refractivity contribution in [3.63, 3.8) is 0 Å². The molecule has 0 amide bonds. The van der Waals surface area contributed by atoms with Crippen LogP contribution in [0.15, 0.2) is 32.1 Å². The predicted octanol–water partition coefficient (Wildman–Crippen LogP) is 2.09. The summed E-state index contributed by atoms with van der Waals surface area (Å²) < 4.78 is 23.1. The first kappa shape index (κ1) is 9.01. The van der Waals surface area contributed by atoms with Crippen LogP contribution in [0.2, 0.25) is 0 Å². The molecule has 13 heavy (non-hydrogen) atoms. The molecule has 0 aromatic heterocycles. The highest BCUT2D eigenvalue weighted by Gasteiger charge is 2.33. The van der Waals surface area contributed by atoms with Crippen LogP contribution in [-0.2, 0) is 9.84 Å². The number of sulfone groups is 1. The summed E-state index contributed by atoms with van der Waals surface area (Å²) in [6.07, 6.45) is 0. The third-order valence-corrected chi connectivity index (χ3v) is 5.70. The highest BCUT2D eigenvalue weighted by molar-refractivity contribution is 14.1. The summed E-state index contributed by atoms with van der Waals surface area (Å²) >= 11 is 1.64. The van der Waals surface area contributed by atoms with Gasteiger partial charge in [-0.05, 0) is 34.7 Å². The number of benzene rings is 1. The van der Waals surface area contributed by atoms with Crippen molar-refractivity contribution >= 4 is 38.2 Å². The van der Waals surface area contributed by atoms with Crippen LogP contribution in [0.3, 0.4) is 0 Å². The maximum Gasteiger partial charge on any atom is 0.216 e. The van der Waals surface area contributed by atoms with Gasteiger partial charge in [-0.25, -0.2) is 8.42 Å². The molecule has 3 nitrogen and oxygen atoms in total. The highest BCUT2D eigenvalue weighted by atomic mass is 127. The fourth-order valence-electron chi connectivity index (χ4n) is 1.23. The molecule has 1 aromatic rings. The van der Waals surface area contributed by atoms with E-state index in [0.29, 0.717) is 5.56 Å². The Labute approximate surface area is 89.1 Å². The van der Waals surface area contributed by atoms with Gasteiger partial charge in [0, 0.05) is 5.56 Å². The third-order valence-electron chi connectivity index (χ3n) is 1.85. The standard InChI is InChI=1S/C8H5IO3S/c9-8-7(10)5-3-1-2-4-6(5)13(8,11)12/h1-4,10H. The van der Waals surface area contributed by atoms with Gasteiger partial charge >= 0.3 is 0 Å². The van der Waals surface area contributed by atoms with Gasteiger partial charge in [0.1, 0.15) is 5.76 Å². The molecule has 1 aromatic carbocycles. The van der Waals surface area contributed by atoms with Gasteiger partial charge < -0.3 is 5.11 Å². The quantitative estimate of drug-likeness (QED) is 0.747. The van der Waals surface area contributed by atoms with E-state index in [-0.39, 0.29) is 13.6 Å². The second kappa shape index (κ2) is 2.71. The van der Waals surface area contributed by atoms with Crippen LogP contribution in [0.4, 0.5) is 0 Å². The lowest BCUT2D eigenvalue weighted by atomic mass is 10.2. The Morgan fingerprint density at radius 1 is 1.23 bits per heavy atom. The first-order chi connectivity index (χ1) is 6.05. The van der Waals surface area contributed by atoms with Gasteiger partial charge in [0.25, 0.3) is 0 Å². The summed E-state index contributed by atoms with van der Waals surface area (Å²) in [5.41, 5.74) is 0.395. The first-order valence-corrected chi connectivity index (χ1v) is 6.04. The van der Waals surface area contributed by atoms with Crippen LogP contribution in [0.5, 0.6) is 0 Å². The first-order valence-electron chi connectivity index (χ1n) is 3.48. The van der Waals surface area contributed by atoms with Crippen molar-refractivity contribution in [2.75, 3.05) is 0 Å². The summed E-state index contributed by atoms with van der Waals surface area (Å²) in [4.78, 5) is 0.192. The summed E-state index contributed by atoms with van der Waals surface area (Å²) in [5, 5.41) is 9.48. The van der Waals surface area contributed by atoms with Crippen LogP contribution >= 0.6 is 22.6 Å². The fourth-order valence-corrected chi connectivity index (χ4v) is 3.50. The Kier molecular flexibility index (Phi) is 1.88. The lowest BCUT2D eigenvalue weighted by Gasteiger charge is -1.95. The van der Waals surface area contributed by atoms with Crippen LogP contribution in [0.1, 0.15) is 5.56 Å². The molecule has 0 saturated heterocycles. The Bertz CT molecular complexity index is 502. The van der Waals surface area contributed by atoms with Crippen molar-refractivity contribution in [2.24, 2.45) is 0 Å². The molecule has 0 spiro atoms. The molecule has 2 rings (SSSR count). The molecule has 0 bridgehead atoms. The van der Waals surface area contributed by atoms with Crippen molar-refractivity contribution in [1.82, 2.24) is 0 Å². The minimum absolute atomic E-state index is 0.00583. The average molecular weight is 308 g/mol. The van der Waals surface area contributed by atoms with Crippen LogP contribution in [0.25, 0.3) is 5.76 Å². The molecule has 0 saturated carbocycles. The van der Waals surface area contributed by atoms with Crippen molar-refractivity contribution in [3.8, 4) is 0 Å². The zero-order chi connectivity index (χ0) is 9.64. The highest BCUT2D eigenvalue weighted by Crippen LogP contribution is 2.40. The SMILES string of the molecule is O=S1(=O)C(I)=C(O)c2ccccc21. The molecule has 68 valence electrons. The molecule has 0 atom stereocenters. The van der Waals surface area contributed by atoms with E-state index in [4.69, 9.17) is 0 Å². The van der Waals surface area contributed by atoms with Crippen LogP contribution < -0.4 is 0 Å². The van der Waals surface area contributed by atoms with Gasteiger partial charge in [-0.15, -0.1) is 0 Å². The predicted molar refractivity (Wildman–Crippen MR) is 57.2 cm³/mol. The summed E-state index contributed by atoms with van der Waals surface area (Å²) in [5.74, 6) is -0.142. The molecule has 0 radical (unpaired) electrons. The maximum absolute atomic E-state index is 11.6. The molecule has 1 aliphatic heterocycles. The van der Waals surface area contributed by atoms with E-state index in [0.717, 1.165) is 0 Å². The molecule has 0 fully saturated rings. The van der Waals surface area contributed by atoms with E-state index in [2.05, 4.69) is 0 Å². The normalized spacial score (nSPS) is 18.8. The number of rotatable bonds is 0. The topological polar surface area (TPSA) is 54.4 Å². The van der Waals surface area contributed by atoms with Gasteiger partial charge in [0.2, 0.25) is 9.84 Å². The molecular weight excluding hydrogens is 303 g/mol. The minimum Gasteiger partial charge on any atom is -0.505 e. The summed E-state index contributed by atoms with van der Waals surface area (Å²) in [7, 11) is -3.42. The monoisotopic (exact) mass is 308 g/mol. The van der Waals surface area contributed by atoms with E-state index in [1.165, 1.54) is 6.07 Å². The lowest BCUT2D eigenvalue weighted by molar-refractivity contribution is 0.512. The Balaban J connectivity index is 2.90. The van der Waals surface area contributed by atoms with Gasteiger partial charge in [0.05, 0.1) is 4.90 Å². The Morgan fingerprint density at radius 3 is 2.46 bits per heavy atom. The van der Waals surface area contributed by atoms with Crippen molar-refractivity contribution in [1.29, 1.82) is 0 Å². The smallest absolute Gasteiger partial charge is 0.216 e. The molecule has 1 aliphatic rings. The molecule has 1 N–H and O–H groups in total. The van der Waals surface area contributed by atoms with E-state index >= 15 is 0 Å². The molecule has 0 aliphatic carbocycles. The fraction of sp³-hybridized carbons (Fsp3) is 0. The average Bonchev–Trinajstić information content (AvgIpc) is 2.30. The minimum atomic E-state index is -3.42. The van der Waals surface area contributed by atoms with E-state index in [9.17, 15) is 13.5 Å². The second-order valence-corrected chi connectivity index (χ2v) is 6.29. The third kappa shape index (κ3) is 1.10. The maximum atomic E-state index is 11.6. The zero-order valence-corrected chi connectivity index (χ0v) is 9.33. The van der Waals surface area contributed by atoms with Gasteiger partial charge in [0.15, 0.2) is 2.91 Å². The van der Waals surface area contributed by atoms with Gasteiger partial charge in [-0.1, -0.05) is 12.1 Å². The number of aliphatic hydroxyl groups excluding tert-OH is 1. The number of hydrogen-bond acceptors (Lipinski definition) is 3. The summed E-state index contributed by atoms with van der Waals surface area (Å²) in [6.45, 7) is 0. The van der Waals surface area contributed by atoms with Crippen molar-refractivity contribution < 1.29 is 13.5 Å². The Hall–Kier alpha value is -0.560. The zero-order valence-electron chi connectivity index (χ0n) is 6.36. The van der Waals surface area contributed by atoms with Gasteiger partial charge in [-0.3, -0.25) is 0 Å². The molecule has 0 unspecified atom stereocenters. The van der Waals surface area contributed by atoms with Crippen LogP contribution in [0, 0.1) is 0 Å². The lowest BCUT2D eigenvalue weighted by Crippen LogP contribution is -1.95. The molecular formula is C8H5IO3S. The van der Waals surface area contributed by atoms with Crippen LogP contribution in [-0.4, -0.2) is 13.5 Å². The second-order valence-electron chi connectivity index (χ2n) is 2.62. The number of halogens is 1. The molecule has 5 heteroatoms. The Morgan fingerprint density at radius 2 is 1.85 bits per heavy atom. The van der Waals surface area contributed by atoms with Gasteiger partial charge in [-0.2, -0.15) is 0 Å². The number of fused-ring (bicyclic) bond motifs is 1. The molecule has 1 heterocycles. The van der Waals surface area contributed by atoms with E-state index in [1.807, 2.05) is 0 Å². The summed E-state index contributed by atoms with van der Waals surface area (Å²) in [6, 6.07) is 6.42. The van der Waals surface area contributed by atoms with Crippen molar-refractivity contribution in [3.05, 3.63) is 32.7 Å². The largest absolute Gasteiger partial charge is 0.505 e. The van der Waals surface area contributed by atoms with E-state index in [1.54, 1.807) is 40.8 Å². The number of hydrogen-bond donors (Lipinski definition) is 1. The number of aliphatic hydroxyl groups is 1.